The maximum absolute atomic E-state index is 11.8. The minimum atomic E-state index is -0.435. The average Bonchev–Trinajstić information content (AvgIpc) is 2.96. The molecule has 2 rings (SSSR count). The summed E-state index contributed by atoms with van der Waals surface area (Å²) in [5.74, 6) is -0.116. The molecule has 0 fully saturated rings. The maximum atomic E-state index is 11.8. The van der Waals surface area contributed by atoms with Gasteiger partial charge in [0.05, 0.1) is 10.3 Å². The summed E-state index contributed by atoms with van der Waals surface area (Å²) in [6.45, 7) is 1.98. The number of hydrogen-bond acceptors (Lipinski definition) is 6. The Kier molecular flexibility index (Phi) is 5.32. The highest BCUT2D eigenvalue weighted by atomic mass is 32.2. The first-order valence-electron chi connectivity index (χ1n) is 6.98. The van der Waals surface area contributed by atoms with Crippen molar-refractivity contribution in [3.63, 3.8) is 0 Å². The lowest BCUT2D eigenvalue weighted by molar-refractivity contribution is -0.118. The van der Waals surface area contributed by atoms with Crippen molar-refractivity contribution >= 4 is 34.5 Å². The first-order valence-corrected chi connectivity index (χ1v) is 7.96. The number of thioether (sulfide) groups is 1. The number of hydrogen-bond donors (Lipinski definition) is 5. The molecule has 0 aliphatic carbocycles. The van der Waals surface area contributed by atoms with E-state index in [-0.39, 0.29) is 34.0 Å². The summed E-state index contributed by atoms with van der Waals surface area (Å²) in [6.07, 6.45) is 0.705. The molecule has 2 amide bonds. The van der Waals surface area contributed by atoms with Crippen LogP contribution >= 0.6 is 11.8 Å². The van der Waals surface area contributed by atoms with Crippen LogP contribution in [0.25, 0.3) is 10.9 Å². The normalized spacial score (nSPS) is 10.7. The van der Waals surface area contributed by atoms with Crippen molar-refractivity contribution in [1.82, 2.24) is 20.8 Å². The molecule has 2 aromatic rings. The van der Waals surface area contributed by atoms with Crippen LogP contribution in [-0.2, 0) is 4.79 Å². The van der Waals surface area contributed by atoms with Crippen LogP contribution < -0.4 is 10.6 Å². The first-order chi connectivity index (χ1) is 11.0. The Hall–Kier alpha value is -2.42. The fourth-order valence-electron chi connectivity index (χ4n) is 2.06. The number of H-pyrrole nitrogens is 1. The predicted octanol–water partition coefficient (Wildman–Crippen LogP) is 0.952. The highest BCUT2D eigenvalue weighted by Gasteiger charge is 2.21. The van der Waals surface area contributed by atoms with Crippen LogP contribution in [0.2, 0.25) is 0 Å². The molecule has 23 heavy (non-hydrogen) atoms. The topological polar surface area (TPSA) is 127 Å². The third-order valence-corrected chi connectivity index (χ3v) is 4.27. The summed E-state index contributed by atoms with van der Waals surface area (Å²) in [5.41, 5.74) is 0.236. The molecule has 0 atom stereocenters. The van der Waals surface area contributed by atoms with E-state index in [0.29, 0.717) is 23.6 Å². The lowest BCUT2D eigenvalue weighted by Gasteiger charge is -2.08. The SMILES string of the molecule is CNC(=O)c1[nH]nc2c(O)cc(SCCCNC(C)=O)c(O)c12. The molecule has 0 aliphatic rings. The second kappa shape index (κ2) is 7.23. The molecule has 1 aromatic heterocycles. The van der Waals surface area contributed by atoms with Gasteiger partial charge in [0.1, 0.15) is 22.7 Å². The van der Waals surface area contributed by atoms with E-state index in [1.807, 2.05) is 0 Å². The van der Waals surface area contributed by atoms with Gasteiger partial charge in [-0.2, -0.15) is 5.10 Å². The van der Waals surface area contributed by atoms with E-state index in [4.69, 9.17) is 0 Å². The third-order valence-electron chi connectivity index (χ3n) is 3.15. The minimum Gasteiger partial charge on any atom is -0.506 e. The number of rotatable bonds is 6. The molecule has 0 radical (unpaired) electrons. The fourth-order valence-corrected chi connectivity index (χ4v) is 3.00. The third kappa shape index (κ3) is 3.67. The monoisotopic (exact) mass is 338 g/mol. The molecule has 0 bridgehead atoms. The molecule has 0 saturated carbocycles. The molecule has 1 heterocycles. The minimum absolute atomic E-state index is 0.0921. The standard InChI is InChI=1S/C14H18N4O4S/c1-7(19)16-4-3-5-23-9-6-8(20)11-10(13(9)21)12(18-17-11)14(22)15-2/h6,20-21H,3-5H2,1-2H3,(H,15,22)(H,16,19)(H,17,18). The van der Waals surface area contributed by atoms with E-state index >= 15 is 0 Å². The Morgan fingerprint density at radius 1 is 1.39 bits per heavy atom. The summed E-state index contributed by atoms with van der Waals surface area (Å²) in [5, 5.41) is 32.1. The molecule has 0 saturated heterocycles. The number of aromatic hydroxyl groups is 2. The molecule has 1 aromatic carbocycles. The van der Waals surface area contributed by atoms with Crippen LogP contribution in [0.4, 0.5) is 0 Å². The number of phenolic OH excluding ortho intramolecular Hbond substituents is 2. The summed E-state index contributed by atoms with van der Waals surface area (Å²) in [6, 6.07) is 1.41. The van der Waals surface area contributed by atoms with Gasteiger partial charge < -0.3 is 20.8 Å². The number of aromatic amines is 1. The van der Waals surface area contributed by atoms with E-state index in [0.717, 1.165) is 0 Å². The van der Waals surface area contributed by atoms with E-state index in [9.17, 15) is 19.8 Å². The van der Waals surface area contributed by atoms with E-state index in [2.05, 4.69) is 20.8 Å². The largest absolute Gasteiger partial charge is 0.506 e. The Balaban J connectivity index is 2.22. The number of nitrogens with one attached hydrogen (secondary N) is 3. The summed E-state index contributed by atoms with van der Waals surface area (Å²) >= 11 is 1.32. The molecule has 124 valence electrons. The number of carbonyl (C=O) groups is 2. The lowest BCUT2D eigenvalue weighted by Crippen LogP contribution is -2.21. The van der Waals surface area contributed by atoms with Gasteiger partial charge in [-0.15, -0.1) is 11.8 Å². The van der Waals surface area contributed by atoms with Crippen molar-refractivity contribution in [2.24, 2.45) is 0 Å². The fraction of sp³-hybridized carbons (Fsp3) is 0.357. The van der Waals surface area contributed by atoms with Crippen molar-refractivity contribution in [1.29, 1.82) is 0 Å². The number of fused-ring (bicyclic) bond motifs is 1. The zero-order valence-corrected chi connectivity index (χ0v) is 13.6. The zero-order valence-electron chi connectivity index (χ0n) is 12.8. The van der Waals surface area contributed by atoms with Crippen molar-refractivity contribution in [3.05, 3.63) is 11.8 Å². The van der Waals surface area contributed by atoms with Crippen molar-refractivity contribution in [2.75, 3.05) is 19.3 Å². The second-order valence-corrected chi connectivity index (χ2v) is 5.97. The van der Waals surface area contributed by atoms with Gasteiger partial charge in [-0.1, -0.05) is 0 Å². The molecule has 0 aliphatic heterocycles. The second-order valence-electron chi connectivity index (χ2n) is 4.83. The van der Waals surface area contributed by atoms with Crippen LogP contribution in [0.5, 0.6) is 11.5 Å². The van der Waals surface area contributed by atoms with Gasteiger partial charge in [-0.3, -0.25) is 14.7 Å². The van der Waals surface area contributed by atoms with Gasteiger partial charge in [0, 0.05) is 20.5 Å². The molecular formula is C14H18N4O4S. The van der Waals surface area contributed by atoms with Crippen LogP contribution in [0, 0.1) is 0 Å². The Bertz CT molecular complexity index is 744. The Morgan fingerprint density at radius 3 is 2.78 bits per heavy atom. The number of amides is 2. The van der Waals surface area contributed by atoms with Crippen molar-refractivity contribution < 1.29 is 19.8 Å². The van der Waals surface area contributed by atoms with E-state index in [1.165, 1.54) is 31.8 Å². The van der Waals surface area contributed by atoms with Gasteiger partial charge in [0.2, 0.25) is 5.91 Å². The molecule has 8 nitrogen and oxygen atoms in total. The van der Waals surface area contributed by atoms with Crippen molar-refractivity contribution in [2.45, 2.75) is 18.2 Å². The predicted molar refractivity (Wildman–Crippen MR) is 86.8 cm³/mol. The van der Waals surface area contributed by atoms with Crippen LogP contribution in [0.1, 0.15) is 23.8 Å². The Morgan fingerprint density at radius 2 is 2.13 bits per heavy atom. The summed E-state index contributed by atoms with van der Waals surface area (Å²) in [7, 11) is 1.46. The van der Waals surface area contributed by atoms with Gasteiger partial charge in [-0.05, 0) is 18.2 Å². The van der Waals surface area contributed by atoms with Gasteiger partial charge in [0.25, 0.3) is 5.91 Å². The average molecular weight is 338 g/mol. The molecular weight excluding hydrogens is 320 g/mol. The maximum Gasteiger partial charge on any atom is 0.269 e. The smallest absolute Gasteiger partial charge is 0.269 e. The highest BCUT2D eigenvalue weighted by Crippen LogP contribution is 2.41. The quantitative estimate of drug-likeness (QED) is 0.303. The number of phenols is 2. The first kappa shape index (κ1) is 16.9. The van der Waals surface area contributed by atoms with Gasteiger partial charge in [-0.25, -0.2) is 0 Å². The van der Waals surface area contributed by atoms with Crippen molar-refractivity contribution in [3.8, 4) is 11.5 Å². The molecule has 9 heteroatoms. The Labute approximate surface area is 136 Å². The van der Waals surface area contributed by atoms with Crippen LogP contribution in [0.3, 0.4) is 0 Å². The summed E-state index contributed by atoms with van der Waals surface area (Å²) < 4.78 is 0. The van der Waals surface area contributed by atoms with E-state index in [1.54, 1.807) is 0 Å². The number of nitrogens with zero attached hydrogens (tertiary/aromatic N) is 1. The van der Waals surface area contributed by atoms with Gasteiger partial charge >= 0.3 is 0 Å². The molecule has 5 N–H and O–H groups in total. The number of aromatic nitrogens is 2. The number of benzene rings is 1. The molecule has 0 unspecified atom stereocenters. The molecule has 0 spiro atoms. The van der Waals surface area contributed by atoms with Crippen LogP contribution in [0.15, 0.2) is 11.0 Å². The number of carbonyl (C=O) groups excluding carboxylic acids is 2. The highest BCUT2D eigenvalue weighted by molar-refractivity contribution is 7.99. The summed E-state index contributed by atoms with van der Waals surface area (Å²) in [4.78, 5) is 23.0. The van der Waals surface area contributed by atoms with E-state index < -0.39 is 5.91 Å². The van der Waals surface area contributed by atoms with Crippen LogP contribution in [-0.4, -0.2) is 51.6 Å². The lowest BCUT2D eigenvalue weighted by atomic mass is 10.1. The van der Waals surface area contributed by atoms with Gasteiger partial charge in [0.15, 0.2) is 0 Å². The zero-order chi connectivity index (χ0) is 17.0.